The van der Waals surface area contributed by atoms with Crippen molar-refractivity contribution in [1.29, 1.82) is 0 Å². The zero-order valence-electron chi connectivity index (χ0n) is 16.1. The molecule has 3 heterocycles. The van der Waals surface area contributed by atoms with Gasteiger partial charge >= 0.3 is 0 Å². The number of benzene rings is 1. The predicted octanol–water partition coefficient (Wildman–Crippen LogP) is 4.65. The molecule has 0 radical (unpaired) electrons. The molecule has 1 saturated carbocycles. The second kappa shape index (κ2) is 7.93. The van der Waals surface area contributed by atoms with Gasteiger partial charge in [-0.1, -0.05) is 47.9 Å². The SMILES string of the molecule is CCCc1noc2nc(C3CC3)cc(-c3nc(-c4ccc(CN)cc4)no3)c12.Cl. The van der Waals surface area contributed by atoms with Crippen molar-refractivity contribution < 1.29 is 9.05 Å². The highest BCUT2D eigenvalue weighted by Crippen LogP contribution is 2.42. The first-order valence-electron chi connectivity index (χ1n) is 9.69. The molecule has 150 valence electrons. The Balaban J connectivity index is 0.00000205. The fourth-order valence-electron chi connectivity index (χ4n) is 3.43. The average molecular weight is 412 g/mol. The molecule has 0 amide bonds. The first-order valence-corrected chi connectivity index (χ1v) is 9.69. The van der Waals surface area contributed by atoms with Crippen LogP contribution in [-0.4, -0.2) is 20.3 Å². The van der Waals surface area contributed by atoms with Gasteiger partial charge in [0.1, 0.15) is 0 Å². The second-order valence-corrected chi connectivity index (χ2v) is 7.25. The summed E-state index contributed by atoms with van der Waals surface area (Å²) < 4.78 is 11.2. The van der Waals surface area contributed by atoms with Crippen LogP contribution in [0.1, 0.15) is 49.1 Å². The Kier molecular flexibility index (Phi) is 5.34. The van der Waals surface area contributed by atoms with E-state index in [9.17, 15) is 0 Å². The van der Waals surface area contributed by atoms with Crippen molar-refractivity contribution in [2.45, 2.75) is 45.1 Å². The van der Waals surface area contributed by atoms with Crippen molar-refractivity contribution in [3.8, 4) is 22.8 Å². The summed E-state index contributed by atoms with van der Waals surface area (Å²) in [6.45, 7) is 2.62. The zero-order chi connectivity index (χ0) is 19.1. The van der Waals surface area contributed by atoms with Gasteiger partial charge in [0.05, 0.1) is 16.6 Å². The van der Waals surface area contributed by atoms with Gasteiger partial charge in [-0.3, -0.25) is 0 Å². The highest BCUT2D eigenvalue weighted by molar-refractivity contribution is 5.92. The number of aromatic nitrogens is 4. The second-order valence-electron chi connectivity index (χ2n) is 7.25. The number of pyridine rings is 1. The molecule has 0 saturated heterocycles. The molecule has 1 aliphatic carbocycles. The molecule has 0 atom stereocenters. The molecule has 8 heteroatoms. The van der Waals surface area contributed by atoms with E-state index in [4.69, 9.17) is 14.8 Å². The molecule has 29 heavy (non-hydrogen) atoms. The summed E-state index contributed by atoms with van der Waals surface area (Å²) in [7, 11) is 0. The van der Waals surface area contributed by atoms with Crippen molar-refractivity contribution in [1.82, 2.24) is 20.3 Å². The largest absolute Gasteiger partial charge is 0.336 e. The number of hydrogen-bond acceptors (Lipinski definition) is 7. The molecule has 1 aliphatic rings. The molecule has 0 spiro atoms. The molecule has 1 aromatic carbocycles. The van der Waals surface area contributed by atoms with Crippen molar-refractivity contribution in [2.24, 2.45) is 5.73 Å². The van der Waals surface area contributed by atoms with Crippen molar-refractivity contribution in [2.75, 3.05) is 0 Å². The van der Waals surface area contributed by atoms with E-state index in [2.05, 4.69) is 33.3 Å². The molecule has 1 fully saturated rings. The lowest BCUT2D eigenvalue weighted by Crippen LogP contribution is -1.95. The summed E-state index contributed by atoms with van der Waals surface area (Å²) >= 11 is 0. The summed E-state index contributed by atoms with van der Waals surface area (Å²) in [5, 5.41) is 9.30. The maximum atomic E-state index is 5.67. The van der Waals surface area contributed by atoms with E-state index in [0.29, 0.717) is 29.9 Å². The van der Waals surface area contributed by atoms with Gasteiger partial charge in [0, 0.05) is 23.7 Å². The van der Waals surface area contributed by atoms with E-state index in [1.54, 1.807) is 0 Å². The molecule has 0 bridgehead atoms. The maximum absolute atomic E-state index is 5.67. The smallest absolute Gasteiger partial charge is 0.259 e. The Labute approximate surface area is 174 Å². The minimum atomic E-state index is 0. The van der Waals surface area contributed by atoms with Gasteiger partial charge in [-0.2, -0.15) is 4.98 Å². The van der Waals surface area contributed by atoms with Crippen LogP contribution in [0.2, 0.25) is 0 Å². The van der Waals surface area contributed by atoms with Crippen molar-refractivity contribution >= 4 is 23.5 Å². The number of rotatable bonds is 6. The first-order chi connectivity index (χ1) is 13.8. The van der Waals surface area contributed by atoms with E-state index >= 15 is 0 Å². The quantitative estimate of drug-likeness (QED) is 0.492. The fourth-order valence-corrected chi connectivity index (χ4v) is 3.43. The van der Waals surface area contributed by atoms with Gasteiger partial charge < -0.3 is 14.8 Å². The third-order valence-corrected chi connectivity index (χ3v) is 5.12. The number of nitrogens with two attached hydrogens (primary N) is 1. The van der Waals surface area contributed by atoms with E-state index in [1.807, 2.05) is 24.3 Å². The van der Waals surface area contributed by atoms with Gasteiger partial charge in [0.25, 0.3) is 11.6 Å². The fraction of sp³-hybridized carbons (Fsp3) is 0.333. The normalized spacial score (nSPS) is 13.6. The number of hydrogen-bond donors (Lipinski definition) is 1. The van der Waals surface area contributed by atoms with Gasteiger partial charge in [-0.25, -0.2) is 4.98 Å². The van der Waals surface area contributed by atoms with Crippen LogP contribution in [-0.2, 0) is 13.0 Å². The molecular weight excluding hydrogens is 390 g/mol. The lowest BCUT2D eigenvalue weighted by molar-refractivity contribution is 0.432. The van der Waals surface area contributed by atoms with Crippen LogP contribution in [0, 0.1) is 0 Å². The lowest BCUT2D eigenvalue weighted by Gasteiger charge is -2.02. The number of nitrogens with zero attached hydrogens (tertiary/aromatic N) is 4. The third-order valence-electron chi connectivity index (χ3n) is 5.12. The van der Waals surface area contributed by atoms with Crippen LogP contribution in [0.3, 0.4) is 0 Å². The molecule has 3 aromatic heterocycles. The number of halogens is 1. The monoisotopic (exact) mass is 411 g/mol. The highest BCUT2D eigenvalue weighted by atomic mass is 35.5. The minimum absolute atomic E-state index is 0. The standard InChI is InChI=1S/C21H21N5O2.ClH/c1-2-3-16-18-15(10-17(13-8-9-13)23-21(18)28-25-16)20-24-19(26-27-20)14-6-4-12(11-22)5-7-14;/h4-7,10,13H,2-3,8-9,11,22H2,1H3;1H. The van der Waals surface area contributed by atoms with E-state index in [0.717, 1.165) is 59.1 Å². The summed E-state index contributed by atoms with van der Waals surface area (Å²) in [6, 6.07) is 9.92. The molecule has 5 rings (SSSR count). The van der Waals surface area contributed by atoms with Gasteiger partial charge in [0.15, 0.2) is 0 Å². The van der Waals surface area contributed by atoms with Gasteiger partial charge in [-0.15, -0.1) is 12.4 Å². The predicted molar refractivity (Wildman–Crippen MR) is 112 cm³/mol. The Morgan fingerprint density at radius 2 is 1.86 bits per heavy atom. The number of aryl methyl sites for hydroxylation is 1. The van der Waals surface area contributed by atoms with Gasteiger partial charge in [0.2, 0.25) is 5.82 Å². The summed E-state index contributed by atoms with van der Waals surface area (Å²) in [5.74, 6) is 1.49. The third kappa shape index (κ3) is 3.63. The molecule has 0 aliphatic heterocycles. The minimum Gasteiger partial charge on any atom is -0.336 e. The van der Waals surface area contributed by atoms with E-state index < -0.39 is 0 Å². The van der Waals surface area contributed by atoms with Crippen LogP contribution >= 0.6 is 12.4 Å². The molecule has 4 aromatic rings. The molecular formula is C21H22ClN5O2. The van der Waals surface area contributed by atoms with Crippen LogP contribution in [0.4, 0.5) is 0 Å². The lowest BCUT2D eigenvalue weighted by atomic mass is 10.1. The van der Waals surface area contributed by atoms with Crippen LogP contribution < -0.4 is 5.73 Å². The van der Waals surface area contributed by atoms with Gasteiger partial charge in [-0.05, 0) is 30.9 Å². The highest BCUT2D eigenvalue weighted by Gasteiger charge is 2.29. The Morgan fingerprint density at radius 1 is 1.07 bits per heavy atom. The van der Waals surface area contributed by atoms with Crippen molar-refractivity contribution in [3.05, 3.63) is 47.3 Å². The molecule has 7 nitrogen and oxygen atoms in total. The first kappa shape index (κ1) is 19.5. The Morgan fingerprint density at radius 3 is 2.55 bits per heavy atom. The Bertz CT molecular complexity index is 1130. The Hall–Kier alpha value is -2.77. The van der Waals surface area contributed by atoms with Crippen LogP contribution in [0.25, 0.3) is 33.9 Å². The zero-order valence-corrected chi connectivity index (χ0v) is 16.9. The summed E-state index contributed by atoms with van der Waals surface area (Å²) in [6.07, 6.45) is 4.08. The summed E-state index contributed by atoms with van der Waals surface area (Å²) in [4.78, 5) is 9.33. The topological polar surface area (TPSA) is 104 Å². The molecule has 0 unspecified atom stereocenters. The van der Waals surface area contributed by atoms with Crippen LogP contribution in [0.5, 0.6) is 0 Å². The summed E-state index contributed by atoms with van der Waals surface area (Å²) in [5.41, 5.74) is 10.9. The number of fused-ring (bicyclic) bond motifs is 1. The maximum Gasteiger partial charge on any atom is 0.259 e. The van der Waals surface area contributed by atoms with Crippen molar-refractivity contribution in [3.63, 3.8) is 0 Å². The van der Waals surface area contributed by atoms with E-state index in [1.165, 1.54) is 0 Å². The van der Waals surface area contributed by atoms with Crippen LogP contribution in [0.15, 0.2) is 39.4 Å². The van der Waals surface area contributed by atoms with E-state index in [-0.39, 0.29) is 12.4 Å². The molecule has 2 N–H and O–H groups in total. The average Bonchev–Trinajstić information content (AvgIpc) is 3.33.